The third kappa shape index (κ3) is 5.54. The largest absolute Gasteiger partial charge is 0.439 e. The van der Waals surface area contributed by atoms with Gasteiger partial charge in [-0.3, -0.25) is 4.90 Å². The molecule has 4 rings (SSSR count). The van der Waals surface area contributed by atoms with Gasteiger partial charge in [-0.1, -0.05) is 42.8 Å². The Hall–Kier alpha value is -2.63. The Bertz CT molecular complexity index is 978. The molecule has 3 aromatic rings. The second-order valence-corrected chi connectivity index (χ2v) is 8.73. The van der Waals surface area contributed by atoms with Gasteiger partial charge in [0.15, 0.2) is 0 Å². The summed E-state index contributed by atoms with van der Waals surface area (Å²) in [6.45, 7) is 8.55. The van der Waals surface area contributed by atoms with Crippen LogP contribution in [0.3, 0.4) is 0 Å². The van der Waals surface area contributed by atoms with Crippen molar-refractivity contribution in [3.63, 3.8) is 0 Å². The minimum Gasteiger partial charge on any atom is -0.439 e. The number of hydrogen-bond donors (Lipinski definition) is 1. The van der Waals surface area contributed by atoms with Gasteiger partial charge in [0.05, 0.1) is 23.0 Å². The number of rotatable bonds is 10. The fourth-order valence-corrected chi connectivity index (χ4v) is 3.81. The van der Waals surface area contributed by atoms with Gasteiger partial charge in [0.1, 0.15) is 5.75 Å². The van der Waals surface area contributed by atoms with E-state index < -0.39 is 0 Å². The third-order valence-electron chi connectivity index (χ3n) is 5.91. The summed E-state index contributed by atoms with van der Waals surface area (Å²) in [6, 6.07) is 18.2. The molecule has 2 aromatic carbocycles. The van der Waals surface area contributed by atoms with Crippen LogP contribution < -0.4 is 4.74 Å². The second kappa shape index (κ2) is 9.67. The summed E-state index contributed by atoms with van der Waals surface area (Å²) in [4.78, 5) is 2.37. The van der Waals surface area contributed by atoms with Crippen molar-refractivity contribution < 1.29 is 9.84 Å². The number of para-hydroxylation sites is 1. The monoisotopic (exact) mass is 419 g/mol. The van der Waals surface area contributed by atoms with Crippen molar-refractivity contribution >= 4 is 0 Å². The molecule has 31 heavy (non-hydrogen) atoms. The van der Waals surface area contributed by atoms with Crippen molar-refractivity contribution in [2.75, 3.05) is 13.1 Å². The fraction of sp³-hybridized carbons (Fsp3) is 0.423. The van der Waals surface area contributed by atoms with Crippen LogP contribution in [0.1, 0.15) is 43.0 Å². The Balaban J connectivity index is 1.69. The molecule has 0 unspecified atom stereocenters. The van der Waals surface area contributed by atoms with Crippen molar-refractivity contribution in [3.05, 3.63) is 71.4 Å². The first-order valence-electron chi connectivity index (χ1n) is 11.3. The average Bonchev–Trinajstić information content (AvgIpc) is 3.55. The molecule has 1 aromatic heterocycles. The molecular formula is C26H33N3O2. The van der Waals surface area contributed by atoms with Crippen LogP contribution in [-0.2, 0) is 6.54 Å². The van der Waals surface area contributed by atoms with E-state index in [2.05, 4.69) is 24.0 Å². The van der Waals surface area contributed by atoms with Crippen LogP contribution in [0.4, 0.5) is 0 Å². The predicted octanol–water partition coefficient (Wildman–Crippen LogP) is 5.26. The van der Waals surface area contributed by atoms with Gasteiger partial charge >= 0.3 is 0 Å². The second-order valence-electron chi connectivity index (χ2n) is 8.73. The normalized spacial score (nSPS) is 14.7. The number of aliphatic hydroxyl groups excluding tert-OH is 1. The van der Waals surface area contributed by atoms with Crippen LogP contribution in [0.2, 0.25) is 0 Å². The molecule has 1 heterocycles. The Morgan fingerprint density at radius 1 is 1.10 bits per heavy atom. The number of ether oxygens (including phenoxy) is 1. The summed E-state index contributed by atoms with van der Waals surface area (Å²) < 4.78 is 8.33. The smallest absolute Gasteiger partial charge is 0.227 e. The quantitative estimate of drug-likeness (QED) is 0.487. The van der Waals surface area contributed by atoms with Crippen molar-refractivity contribution in [1.29, 1.82) is 0 Å². The third-order valence-corrected chi connectivity index (χ3v) is 5.91. The first kappa shape index (κ1) is 21.6. The summed E-state index contributed by atoms with van der Waals surface area (Å²) in [5.74, 6) is 2.29. The maximum Gasteiger partial charge on any atom is 0.227 e. The maximum atomic E-state index is 10.3. The Labute approximate surface area is 185 Å². The lowest BCUT2D eigenvalue weighted by atomic mass is 10.2. The molecule has 1 aliphatic rings. The molecule has 1 aliphatic carbocycles. The van der Waals surface area contributed by atoms with Crippen molar-refractivity contribution in [3.8, 4) is 17.3 Å². The molecule has 0 spiro atoms. The first-order chi connectivity index (χ1) is 15.0. The van der Waals surface area contributed by atoms with Crippen molar-refractivity contribution in [2.24, 2.45) is 5.92 Å². The highest BCUT2D eigenvalue weighted by molar-refractivity contribution is 5.43. The molecule has 0 aliphatic heterocycles. The lowest BCUT2D eigenvalue weighted by Gasteiger charge is -2.25. The molecule has 0 radical (unpaired) electrons. The van der Waals surface area contributed by atoms with Gasteiger partial charge in [0.25, 0.3) is 0 Å². The van der Waals surface area contributed by atoms with Crippen LogP contribution in [0.15, 0.2) is 54.6 Å². The Morgan fingerprint density at radius 3 is 2.45 bits per heavy atom. The summed E-state index contributed by atoms with van der Waals surface area (Å²) in [5, 5.41) is 15.2. The zero-order valence-corrected chi connectivity index (χ0v) is 18.8. The van der Waals surface area contributed by atoms with Gasteiger partial charge in [-0.25, -0.2) is 4.68 Å². The number of aryl methyl sites for hydroxylation is 2. The molecule has 5 nitrogen and oxygen atoms in total. The number of aromatic nitrogens is 2. The summed E-state index contributed by atoms with van der Waals surface area (Å²) >= 11 is 0. The first-order valence-corrected chi connectivity index (χ1v) is 11.3. The van der Waals surface area contributed by atoms with Gasteiger partial charge in [-0.2, -0.15) is 5.10 Å². The van der Waals surface area contributed by atoms with Gasteiger partial charge in [-0.15, -0.1) is 0 Å². The lowest BCUT2D eigenvalue weighted by Crippen LogP contribution is -2.33. The highest BCUT2D eigenvalue weighted by atomic mass is 16.5. The van der Waals surface area contributed by atoms with E-state index in [4.69, 9.17) is 9.84 Å². The molecular weight excluding hydrogens is 386 g/mol. The molecule has 1 N–H and O–H groups in total. The lowest BCUT2D eigenvalue weighted by molar-refractivity contribution is 0.102. The van der Waals surface area contributed by atoms with E-state index in [0.29, 0.717) is 13.1 Å². The predicted molar refractivity (Wildman–Crippen MR) is 124 cm³/mol. The highest BCUT2D eigenvalue weighted by Gasteiger charge is 2.28. The minimum absolute atomic E-state index is 0.315. The molecule has 0 bridgehead atoms. The molecule has 1 fully saturated rings. The number of benzene rings is 2. The number of nitrogens with zero attached hydrogens (tertiary/aromatic N) is 3. The summed E-state index contributed by atoms with van der Waals surface area (Å²) in [7, 11) is 0. The van der Waals surface area contributed by atoms with Gasteiger partial charge in [-0.05, 0) is 63.3 Å². The number of aliphatic hydroxyl groups is 1. The summed E-state index contributed by atoms with van der Waals surface area (Å²) in [6.07, 6.45) is 3.02. The maximum absolute atomic E-state index is 10.3. The highest BCUT2D eigenvalue weighted by Crippen LogP contribution is 2.34. The Morgan fingerprint density at radius 2 is 1.81 bits per heavy atom. The molecule has 5 heteroatoms. The van der Waals surface area contributed by atoms with Gasteiger partial charge < -0.3 is 9.84 Å². The topological polar surface area (TPSA) is 50.5 Å². The molecule has 0 amide bonds. The zero-order chi connectivity index (χ0) is 21.8. The average molecular weight is 420 g/mol. The van der Waals surface area contributed by atoms with E-state index in [-0.39, 0.29) is 6.10 Å². The molecule has 0 saturated heterocycles. The zero-order valence-electron chi connectivity index (χ0n) is 18.8. The van der Waals surface area contributed by atoms with E-state index in [1.807, 2.05) is 61.0 Å². The van der Waals surface area contributed by atoms with Crippen molar-refractivity contribution in [1.82, 2.24) is 14.7 Å². The Kier molecular flexibility index (Phi) is 6.73. The fourth-order valence-electron chi connectivity index (χ4n) is 3.81. The van der Waals surface area contributed by atoms with Crippen LogP contribution >= 0.6 is 0 Å². The van der Waals surface area contributed by atoms with Crippen LogP contribution in [-0.4, -0.2) is 39.0 Å². The molecule has 164 valence electrons. The van der Waals surface area contributed by atoms with Crippen LogP contribution in [0.25, 0.3) is 5.69 Å². The number of hydrogen-bond acceptors (Lipinski definition) is 4. The molecule has 1 atom stereocenters. The SMILES string of the molecule is CC[C@@H](O)CN(Cc1c(C)nn(-c2ccccc2)c1Oc1ccc(C)cc1)CC1CC1. The molecule has 1 saturated carbocycles. The van der Waals surface area contributed by atoms with Gasteiger partial charge in [0.2, 0.25) is 5.88 Å². The summed E-state index contributed by atoms with van der Waals surface area (Å²) in [5.41, 5.74) is 4.21. The van der Waals surface area contributed by atoms with Crippen molar-refractivity contribution in [2.45, 2.75) is 52.7 Å². The van der Waals surface area contributed by atoms with E-state index in [1.54, 1.807) is 0 Å². The van der Waals surface area contributed by atoms with E-state index in [1.165, 1.54) is 18.4 Å². The van der Waals surface area contributed by atoms with Gasteiger partial charge in [0, 0.05) is 19.6 Å². The standard InChI is InChI=1S/C26H33N3O2/c1-4-23(30)17-28(16-21-12-13-21)18-25-20(3)27-29(22-8-6-5-7-9-22)26(25)31-24-14-10-19(2)11-15-24/h5-11,14-15,21,23,30H,4,12-13,16-18H2,1-3H3/t23-/m1/s1. The van der Waals surface area contributed by atoms with E-state index in [0.717, 1.165) is 47.5 Å². The van der Waals surface area contributed by atoms with E-state index >= 15 is 0 Å². The van der Waals surface area contributed by atoms with E-state index in [9.17, 15) is 5.11 Å². The van der Waals surface area contributed by atoms with Crippen LogP contribution in [0.5, 0.6) is 11.6 Å². The minimum atomic E-state index is -0.315. The van der Waals surface area contributed by atoms with Crippen LogP contribution in [0, 0.1) is 19.8 Å².